The molecule has 4 amide bonds. The molecule has 1 aliphatic carbocycles. The average molecular weight is 665 g/mol. The number of aromatic nitrogens is 5. The van der Waals surface area contributed by atoms with Gasteiger partial charge < -0.3 is 20.9 Å². The van der Waals surface area contributed by atoms with Crippen LogP contribution in [0.25, 0.3) is 21.6 Å². The van der Waals surface area contributed by atoms with E-state index >= 15 is 0 Å². The second kappa shape index (κ2) is 13.2. The van der Waals surface area contributed by atoms with Crippen molar-refractivity contribution in [3.8, 4) is 17.5 Å². The molecule has 7 rings (SSSR count). The number of tetrazole rings is 1. The lowest BCUT2D eigenvalue weighted by atomic mass is 9.99. The van der Waals surface area contributed by atoms with Gasteiger partial charge in [0.1, 0.15) is 18.8 Å². The minimum atomic E-state index is -0.858. The van der Waals surface area contributed by atoms with Crippen molar-refractivity contribution in [2.75, 3.05) is 31.9 Å². The summed E-state index contributed by atoms with van der Waals surface area (Å²) in [6.07, 6.45) is 7.49. The van der Waals surface area contributed by atoms with Gasteiger partial charge in [-0.2, -0.15) is 10.3 Å². The molecule has 0 spiro atoms. The van der Waals surface area contributed by atoms with Crippen molar-refractivity contribution in [2.24, 2.45) is 0 Å². The van der Waals surface area contributed by atoms with E-state index in [1.54, 1.807) is 14.8 Å². The lowest BCUT2D eigenvalue weighted by Gasteiger charge is -2.46. The largest absolute Gasteiger partial charge is 0.375 e. The number of hydrogen-bond donors (Lipinski definition) is 3. The third kappa shape index (κ3) is 6.08. The number of hydrogen-bond acceptors (Lipinski definition) is 11. The summed E-state index contributed by atoms with van der Waals surface area (Å²) in [7, 11) is 0. The molecule has 0 saturated carbocycles. The van der Waals surface area contributed by atoms with Crippen LogP contribution in [0, 0.1) is 11.3 Å². The van der Waals surface area contributed by atoms with E-state index in [-0.39, 0.29) is 44.4 Å². The molecule has 2 atom stereocenters. The molecule has 2 aliphatic heterocycles. The number of fused-ring (bicyclic) bond motifs is 2. The molecular weight excluding hydrogens is 633 g/mol. The number of anilines is 1. The van der Waals surface area contributed by atoms with Crippen LogP contribution >= 0.6 is 11.3 Å². The molecule has 2 fully saturated rings. The zero-order valence-corrected chi connectivity index (χ0v) is 26.6. The van der Waals surface area contributed by atoms with E-state index in [4.69, 9.17) is 5.73 Å². The Hall–Kier alpha value is -5.66. The van der Waals surface area contributed by atoms with Crippen molar-refractivity contribution in [3.05, 3.63) is 77.4 Å². The molecule has 4 N–H and O–H groups in total. The van der Waals surface area contributed by atoms with Crippen LogP contribution < -0.4 is 11.1 Å². The number of nitrogens with zero attached hydrogens (tertiary/aromatic N) is 9. The van der Waals surface area contributed by atoms with Gasteiger partial charge in [0.25, 0.3) is 0 Å². The Kier molecular flexibility index (Phi) is 8.53. The molecule has 2 saturated heterocycles. The highest BCUT2D eigenvalue weighted by Crippen LogP contribution is 2.32. The number of urea groups is 1. The molecule has 0 bridgehead atoms. The first kappa shape index (κ1) is 31.0. The van der Waals surface area contributed by atoms with E-state index in [2.05, 4.69) is 49.1 Å². The number of nitrogen functional groups attached to an aromatic ring is 1. The van der Waals surface area contributed by atoms with E-state index in [0.29, 0.717) is 17.5 Å². The SMILES string of the molecule is N#CCN(C(=O)NCC1=CCCC=C1)N1CC(=O)N2[C@@H](Cc3ccc(-c4nnn[nH]4)cc3)C(=O)N(Cc3cccc4sc(N)nc34)C[C@@H]21. The summed E-state index contributed by atoms with van der Waals surface area (Å²) in [6.45, 7) is 0.214. The van der Waals surface area contributed by atoms with Gasteiger partial charge in [0, 0.05) is 25.1 Å². The monoisotopic (exact) mass is 664 g/mol. The molecule has 244 valence electrons. The fourth-order valence-electron chi connectivity index (χ4n) is 6.46. The normalized spacial score (nSPS) is 19.4. The number of nitrogens with one attached hydrogen (secondary N) is 2. The maximum atomic E-state index is 14.3. The average Bonchev–Trinajstić information content (AvgIpc) is 3.84. The summed E-state index contributed by atoms with van der Waals surface area (Å²) in [5, 5.41) is 29.9. The van der Waals surface area contributed by atoms with Gasteiger partial charge in [0.2, 0.25) is 11.8 Å². The minimum Gasteiger partial charge on any atom is -0.375 e. The fraction of sp³-hybridized carbons (Fsp3) is 0.312. The van der Waals surface area contributed by atoms with Crippen molar-refractivity contribution < 1.29 is 14.4 Å². The van der Waals surface area contributed by atoms with Crippen LogP contribution in [0.5, 0.6) is 0 Å². The van der Waals surface area contributed by atoms with Gasteiger partial charge in [-0.3, -0.25) is 9.59 Å². The Labute approximate surface area is 279 Å². The molecule has 48 heavy (non-hydrogen) atoms. The second-order valence-corrected chi connectivity index (χ2v) is 12.8. The molecule has 0 unspecified atom stereocenters. The first-order chi connectivity index (χ1) is 23.4. The fourth-order valence-corrected chi connectivity index (χ4v) is 7.25. The number of rotatable bonds is 9. The van der Waals surface area contributed by atoms with Crippen LogP contribution in [0.1, 0.15) is 24.0 Å². The molecular formula is C32H32N12O3S. The summed E-state index contributed by atoms with van der Waals surface area (Å²) >= 11 is 1.37. The highest BCUT2D eigenvalue weighted by Gasteiger charge is 2.52. The Morgan fingerprint density at radius 1 is 1.19 bits per heavy atom. The Morgan fingerprint density at radius 2 is 2.04 bits per heavy atom. The Balaban J connectivity index is 1.19. The molecule has 3 aliphatic rings. The van der Waals surface area contributed by atoms with Gasteiger partial charge in [-0.1, -0.05) is 66.0 Å². The van der Waals surface area contributed by atoms with Gasteiger partial charge >= 0.3 is 6.03 Å². The molecule has 2 aromatic heterocycles. The molecule has 16 heteroatoms. The second-order valence-electron chi connectivity index (χ2n) is 11.7. The Morgan fingerprint density at radius 3 is 2.79 bits per heavy atom. The smallest absolute Gasteiger partial charge is 0.333 e. The summed E-state index contributed by atoms with van der Waals surface area (Å²) in [5.41, 5.74) is 10.1. The summed E-state index contributed by atoms with van der Waals surface area (Å²) in [5.74, 6) is -0.0155. The summed E-state index contributed by atoms with van der Waals surface area (Å²) in [6, 6.07) is 13.9. The Bertz CT molecular complexity index is 1950. The van der Waals surface area contributed by atoms with Crippen LogP contribution in [-0.4, -0.2) is 102 Å². The van der Waals surface area contributed by atoms with Gasteiger partial charge in [-0.15, -0.1) is 5.10 Å². The summed E-state index contributed by atoms with van der Waals surface area (Å²) in [4.78, 5) is 49.4. The molecule has 2 aromatic carbocycles. The maximum Gasteiger partial charge on any atom is 0.333 e. The number of nitriles is 1. The number of hydrazine groups is 1. The van der Waals surface area contributed by atoms with Gasteiger partial charge in [0.15, 0.2) is 11.0 Å². The number of thiazole rings is 1. The van der Waals surface area contributed by atoms with Crippen LogP contribution in [0.4, 0.5) is 9.93 Å². The highest BCUT2D eigenvalue weighted by atomic mass is 32.1. The lowest BCUT2D eigenvalue weighted by molar-refractivity contribution is -0.157. The van der Waals surface area contributed by atoms with Gasteiger partial charge in [-0.25, -0.2) is 19.9 Å². The highest BCUT2D eigenvalue weighted by molar-refractivity contribution is 7.22. The van der Waals surface area contributed by atoms with Crippen molar-refractivity contribution in [3.63, 3.8) is 0 Å². The zero-order chi connectivity index (χ0) is 33.2. The zero-order valence-electron chi connectivity index (χ0n) is 25.8. The van der Waals surface area contributed by atoms with Gasteiger partial charge in [-0.05, 0) is 46.0 Å². The van der Waals surface area contributed by atoms with Crippen molar-refractivity contribution >= 4 is 44.5 Å². The van der Waals surface area contributed by atoms with Crippen LogP contribution in [0.3, 0.4) is 0 Å². The molecule has 4 heterocycles. The first-order valence-corrected chi connectivity index (χ1v) is 16.3. The number of para-hydroxylation sites is 1. The van der Waals surface area contributed by atoms with Gasteiger partial charge in [0.05, 0.1) is 29.4 Å². The van der Waals surface area contributed by atoms with E-state index in [9.17, 15) is 19.6 Å². The third-order valence-corrected chi connectivity index (χ3v) is 9.58. The number of benzene rings is 2. The third-order valence-electron chi connectivity index (χ3n) is 8.73. The number of H-pyrrole nitrogens is 1. The number of carbonyl (C=O) groups is 3. The number of nitrogens with two attached hydrogens (primary N) is 1. The number of allylic oxidation sites excluding steroid dienone is 2. The minimum absolute atomic E-state index is 0.123. The predicted octanol–water partition coefficient (Wildman–Crippen LogP) is 2.21. The maximum absolute atomic E-state index is 14.3. The van der Waals surface area contributed by atoms with Crippen LogP contribution in [-0.2, 0) is 22.6 Å². The number of aromatic amines is 1. The lowest BCUT2D eigenvalue weighted by Crippen LogP contribution is -2.66. The standard InChI is InChI=1S/C32H32N12O3S/c33-13-14-42(32(47)35-16-21-5-2-1-3-6-21)43-19-27(45)44-24(15-20-9-11-22(12-10-20)29-37-39-40-38-29)30(46)41(18-26(43)44)17-23-7-4-8-25-28(23)36-31(34)48-25/h2,4-12,24,26H,1,3,14-19H2,(H2,34,36)(H,35,47)(H,37,38,39,40)/t24-,26+/m0/s1. The van der Waals surface area contributed by atoms with E-state index in [1.165, 1.54) is 16.3 Å². The molecule has 0 radical (unpaired) electrons. The molecule has 15 nitrogen and oxygen atoms in total. The number of carbonyl (C=O) groups excluding carboxylic acids is 3. The molecule has 4 aromatic rings. The number of piperazine rings is 1. The van der Waals surface area contributed by atoms with Crippen LogP contribution in [0.2, 0.25) is 0 Å². The quantitative estimate of drug-likeness (QED) is 0.223. The summed E-state index contributed by atoms with van der Waals surface area (Å²) < 4.78 is 0.909. The predicted molar refractivity (Wildman–Crippen MR) is 176 cm³/mol. The van der Waals surface area contributed by atoms with Crippen molar-refractivity contribution in [1.82, 2.24) is 50.7 Å². The van der Waals surface area contributed by atoms with E-state index < -0.39 is 18.2 Å². The first-order valence-electron chi connectivity index (χ1n) is 15.5. The number of amides is 4. The van der Waals surface area contributed by atoms with E-state index in [1.807, 2.05) is 48.5 Å². The van der Waals surface area contributed by atoms with Crippen LogP contribution in [0.15, 0.2) is 66.3 Å². The topological polar surface area (TPSA) is 193 Å². The van der Waals surface area contributed by atoms with Crippen molar-refractivity contribution in [2.45, 2.75) is 38.0 Å². The van der Waals surface area contributed by atoms with Crippen molar-refractivity contribution in [1.29, 1.82) is 5.26 Å². The van der Waals surface area contributed by atoms with E-state index in [0.717, 1.165) is 45.3 Å².